The SMILES string of the molecule is COC(=O)[C@@H]1Cc2c([nH]c3ccccc23)[C@H]2C[C@@H](NCCN(C)C)C[C@@H](c3ccc(F)cc3)N21. The molecule has 2 aliphatic heterocycles. The van der Waals surface area contributed by atoms with Crippen molar-refractivity contribution in [3.05, 3.63) is 71.2 Å². The van der Waals surface area contributed by atoms with Crippen molar-refractivity contribution in [3.8, 4) is 0 Å². The highest BCUT2D eigenvalue weighted by Gasteiger charge is 2.48. The lowest BCUT2D eigenvalue weighted by Crippen LogP contribution is -2.56. The fraction of sp³-hybridized carbons (Fsp3) is 0.444. The molecule has 0 spiro atoms. The summed E-state index contributed by atoms with van der Waals surface area (Å²) in [4.78, 5) is 21.3. The molecule has 1 saturated heterocycles. The fourth-order valence-electron chi connectivity index (χ4n) is 5.81. The minimum Gasteiger partial charge on any atom is -0.468 e. The first-order valence-corrected chi connectivity index (χ1v) is 12.0. The number of nitrogens with one attached hydrogen (secondary N) is 2. The molecular weight excluding hydrogens is 431 g/mol. The lowest BCUT2D eigenvalue weighted by Gasteiger charge is -2.50. The topological polar surface area (TPSA) is 60.6 Å². The highest BCUT2D eigenvalue weighted by molar-refractivity contribution is 5.87. The van der Waals surface area contributed by atoms with Gasteiger partial charge in [0.15, 0.2) is 0 Å². The molecule has 0 unspecified atom stereocenters. The van der Waals surface area contributed by atoms with Crippen LogP contribution in [0.5, 0.6) is 0 Å². The van der Waals surface area contributed by atoms with Crippen LogP contribution < -0.4 is 5.32 Å². The number of H-pyrrole nitrogens is 1. The van der Waals surface area contributed by atoms with E-state index < -0.39 is 0 Å². The molecule has 0 aliphatic carbocycles. The Morgan fingerprint density at radius 3 is 2.62 bits per heavy atom. The molecule has 34 heavy (non-hydrogen) atoms. The number of para-hydroxylation sites is 1. The monoisotopic (exact) mass is 464 g/mol. The van der Waals surface area contributed by atoms with E-state index in [1.54, 1.807) is 0 Å². The molecule has 180 valence electrons. The Bertz CT molecular complexity index is 1160. The number of benzene rings is 2. The van der Waals surface area contributed by atoms with Crippen molar-refractivity contribution in [2.24, 2.45) is 0 Å². The predicted octanol–water partition coefficient (Wildman–Crippen LogP) is 3.80. The second kappa shape index (κ2) is 9.49. The fourth-order valence-corrected chi connectivity index (χ4v) is 5.81. The van der Waals surface area contributed by atoms with Crippen molar-refractivity contribution in [2.45, 2.75) is 43.4 Å². The van der Waals surface area contributed by atoms with Gasteiger partial charge in [-0.05, 0) is 56.3 Å². The highest BCUT2D eigenvalue weighted by atomic mass is 19.1. The molecule has 4 atom stereocenters. The van der Waals surface area contributed by atoms with Gasteiger partial charge in [-0.25, -0.2) is 4.39 Å². The minimum atomic E-state index is -0.389. The maximum absolute atomic E-state index is 13.8. The number of carbonyl (C=O) groups excluding carboxylic acids is 1. The number of aromatic nitrogens is 1. The van der Waals surface area contributed by atoms with Gasteiger partial charge in [0, 0.05) is 48.2 Å². The summed E-state index contributed by atoms with van der Waals surface area (Å²) in [6, 6.07) is 14.9. The van der Waals surface area contributed by atoms with Gasteiger partial charge in [-0.1, -0.05) is 30.3 Å². The molecule has 3 heterocycles. The van der Waals surface area contributed by atoms with Gasteiger partial charge in [0.25, 0.3) is 0 Å². The van der Waals surface area contributed by atoms with Crippen LogP contribution in [-0.4, -0.2) is 67.1 Å². The van der Waals surface area contributed by atoms with Gasteiger partial charge in [-0.15, -0.1) is 0 Å². The minimum absolute atomic E-state index is 0.0279. The van der Waals surface area contributed by atoms with Crippen molar-refractivity contribution in [2.75, 3.05) is 34.3 Å². The van der Waals surface area contributed by atoms with E-state index in [0.29, 0.717) is 6.42 Å². The van der Waals surface area contributed by atoms with E-state index in [-0.39, 0.29) is 36.0 Å². The quantitative estimate of drug-likeness (QED) is 0.544. The molecule has 0 radical (unpaired) electrons. The van der Waals surface area contributed by atoms with Crippen LogP contribution >= 0.6 is 0 Å². The zero-order chi connectivity index (χ0) is 23.8. The molecule has 1 fully saturated rings. The van der Waals surface area contributed by atoms with Crippen LogP contribution in [0.1, 0.15) is 41.7 Å². The third kappa shape index (κ3) is 4.24. The molecule has 0 saturated carbocycles. The van der Waals surface area contributed by atoms with E-state index in [9.17, 15) is 9.18 Å². The van der Waals surface area contributed by atoms with Gasteiger partial charge in [0.1, 0.15) is 11.9 Å². The van der Waals surface area contributed by atoms with Crippen LogP contribution in [0.2, 0.25) is 0 Å². The van der Waals surface area contributed by atoms with Crippen LogP contribution in [0, 0.1) is 5.82 Å². The maximum atomic E-state index is 13.8. The molecule has 1 aromatic heterocycles. The molecule has 2 N–H and O–H groups in total. The van der Waals surface area contributed by atoms with Crippen LogP contribution in [-0.2, 0) is 16.0 Å². The molecule has 0 bridgehead atoms. The van der Waals surface area contributed by atoms with Gasteiger partial charge >= 0.3 is 5.97 Å². The summed E-state index contributed by atoms with van der Waals surface area (Å²) in [6.07, 6.45) is 2.33. The van der Waals surface area contributed by atoms with Gasteiger partial charge < -0.3 is 19.9 Å². The second-order valence-corrected chi connectivity index (χ2v) is 9.76. The predicted molar refractivity (Wildman–Crippen MR) is 131 cm³/mol. The summed E-state index contributed by atoms with van der Waals surface area (Å²) in [5, 5.41) is 4.92. The summed E-state index contributed by atoms with van der Waals surface area (Å²) in [7, 11) is 5.61. The Morgan fingerprint density at radius 2 is 1.88 bits per heavy atom. The maximum Gasteiger partial charge on any atom is 0.323 e. The number of rotatable bonds is 6. The smallest absolute Gasteiger partial charge is 0.323 e. The number of nitrogens with zero attached hydrogens (tertiary/aromatic N) is 2. The largest absolute Gasteiger partial charge is 0.468 e. The Balaban J connectivity index is 1.59. The number of ether oxygens (including phenoxy) is 1. The van der Waals surface area contributed by atoms with Crippen molar-refractivity contribution in [3.63, 3.8) is 0 Å². The molecule has 0 amide bonds. The number of piperidine rings is 1. The van der Waals surface area contributed by atoms with E-state index >= 15 is 0 Å². The third-order valence-corrected chi connectivity index (χ3v) is 7.39. The van der Waals surface area contributed by atoms with Crippen molar-refractivity contribution >= 4 is 16.9 Å². The van der Waals surface area contributed by atoms with Crippen molar-refractivity contribution < 1.29 is 13.9 Å². The summed E-state index contributed by atoms with van der Waals surface area (Å²) in [5.41, 5.74) is 4.52. The number of aromatic amines is 1. The molecule has 5 rings (SSSR count). The Labute approximate surface area is 200 Å². The summed E-state index contributed by atoms with van der Waals surface area (Å²) < 4.78 is 19.1. The Morgan fingerprint density at radius 1 is 1.15 bits per heavy atom. The van der Waals surface area contributed by atoms with E-state index in [0.717, 1.165) is 37.0 Å². The average Bonchev–Trinajstić information content (AvgIpc) is 3.22. The summed E-state index contributed by atoms with van der Waals surface area (Å²) in [6.45, 7) is 1.84. The number of likely N-dealkylation sites (N-methyl/N-ethyl adjacent to an activating group) is 1. The van der Waals surface area contributed by atoms with E-state index in [1.165, 1.54) is 35.9 Å². The first-order chi connectivity index (χ1) is 16.5. The molecule has 2 aliphatic rings. The number of fused-ring (bicyclic) bond motifs is 5. The molecule has 6 nitrogen and oxygen atoms in total. The van der Waals surface area contributed by atoms with Crippen molar-refractivity contribution in [1.29, 1.82) is 0 Å². The first kappa shape index (κ1) is 23.0. The van der Waals surface area contributed by atoms with E-state index in [2.05, 4.69) is 46.3 Å². The zero-order valence-electron chi connectivity index (χ0n) is 20.1. The van der Waals surface area contributed by atoms with E-state index in [1.807, 2.05) is 24.3 Å². The standard InChI is InChI=1S/C27H33FN4O2/c1-31(2)13-12-29-19-14-23(17-8-10-18(28)11-9-17)32-24(15-19)26-21(16-25(32)27(33)34-3)20-6-4-5-7-22(20)30-26/h4-11,19,23-25,29-30H,12-16H2,1-3H3/t19-,23-,24+,25-/m0/s1. The van der Waals surface area contributed by atoms with Crippen LogP contribution in [0.15, 0.2) is 48.5 Å². The Hall–Kier alpha value is -2.74. The van der Waals surface area contributed by atoms with Crippen LogP contribution in [0.4, 0.5) is 4.39 Å². The number of carbonyl (C=O) groups is 1. The number of methoxy groups -OCH3 is 1. The van der Waals surface area contributed by atoms with Crippen LogP contribution in [0.3, 0.4) is 0 Å². The summed E-state index contributed by atoms with van der Waals surface area (Å²) >= 11 is 0. The summed E-state index contributed by atoms with van der Waals surface area (Å²) in [5.74, 6) is -0.468. The zero-order valence-corrected chi connectivity index (χ0v) is 20.1. The molecule has 7 heteroatoms. The van der Waals surface area contributed by atoms with Gasteiger partial charge in [0.2, 0.25) is 0 Å². The van der Waals surface area contributed by atoms with Crippen molar-refractivity contribution in [1.82, 2.24) is 20.1 Å². The number of halogens is 1. The number of esters is 1. The van der Waals surface area contributed by atoms with Crippen LogP contribution in [0.25, 0.3) is 10.9 Å². The lowest BCUT2D eigenvalue weighted by molar-refractivity contribution is -0.152. The third-order valence-electron chi connectivity index (χ3n) is 7.39. The average molecular weight is 465 g/mol. The second-order valence-electron chi connectivity index (χ2n) is 9.76. The highest BCUT2D eigenvalue weighted by Crippen LogP contribution is 2.48. The number of hydrogen-bond donors (Lipinski definition) is 2. The van der Waals surface area contributed by atoms with E-state index in [4.69, 9.17) is 4.74 Å². The molecule has 3 aromatic rings. The molecular formula is C27H33FN4O2. The number of hydrogen-bond acceptors (Lipinski definition) is 5. The lowest BCUT2D eigenvalue weighted by atomic mass is 9.79. The first-order valence-electron chi connectivity index (χ1n) is 12.0. The normalized spacial score (nSPS) is 24.7. The van der Waals surface area contributed by atoms with Gasteiger partial charge in [-0.2, -0.15) is 0 Å². The Kier molecular flexibility index (Phi) is 6.42. The van der Waals surface area contributed by atoms with Gasteiger partial charge in [0.05, 0.1) is 13.2 Å². The van der Waals surface area contributed by atoms with Gasteiger partial charge in [-0.3, -0.25) is 9.69 Å². The molecule has 2 aromatic carbocycles.